The van der Waals surface area contributed by atoms with E-state index < -0.39 is 17.4 Å². The number of aryl methyl sites for hydroxylation is 1. The van der Waals surface area contributed by atoms with E-state index in [2.05, 4.69) is 16.1 Å². The molecule has 0 bridgehead atoms. The van der Waals surface area contributed by atoms with Crippen LogP contribution in [0, 0.1) is 12.1 Å². The summed E-state index contributed by atoms with van der Waals surface area (Å²) in [6.45, 7) is 5.91. The summed E-state index contributed by atoms with van der Waals surface area (Å²) in [5, 5.41) is 15.5. The van der Waals surface area contributed by atoms with Crippen molar-refractivity contribution in [2.24, 2.45) is 11.1 Å². The molecule has 0 aliphatic heterocycles. The average molecular weight is 402 g/mol. The third kappa shape index (κ3) is 5.01. The number of anilines is 2. The number of hydrogen-bond acceptors (Lipinski definition) is 4. The Bertz CT molecular complexity index is 868. The van der Waals surface area contributed by atoms with Gasteiger partial charge in [0.15, 0.2) is 5.69 Å². The molecule has 0 unspecified atom stereocenters. The first-order chi connectivity index (χ1) is 12.5. The van der Waals surface area contributed by atoms with Crippen LogP contribution in [-0.4, -0.2) is 4.86 Å². The molecule has 146 valence electrons. The van der Waals surface area contributed by atoms with Crippen LogP contribution < -0.4 is 16.7 Å². The lowest BCUT2D eigenvalue weighted by molar-refractivity contribution is -0.439. The molecule has 0 saturated carbocycles. The number of nitrogens with zero attached hydrogens (tertiary/aromatic N) is 2. The van der Waals surface area contributed by atoms with Gasteiger partial charge >= 0.3 is 6.18 Å². The molecule has 0 atom stereocenters. The number of hydrogen-bond donors (Lipinski definition) is 3. The monoisotopic (exact) mass is 401 g/mol. The van der Waals surface area contributed by atoms with Crippen molar-refractivity contribution in [2.75, 3.05) is 10.9 Å². The Morgan fingerprint density at radius 3 is 2.41 bits per heavy atom. The van der Waals surface area contributed by atoms with Gasteiger partial charge < -0.3 is 10.6 Å². The van der Waals surface area contributed by atoms with Crippen LogP contribution in [0.5, 0.6) is 0 Å². The zero-order valence-electron chi connectivity index (χ0n) is 14.9. The largest absolute Gasteiger partial charge is 0.691 e. The van der Waals surface area contributed by atoms with Crippen molar-refractivity contribution in [3.8, 4) is 0 Å². The molecule has 10 heteroatoms. The van der Waals surface area contributed by atoms with Gasteiger partial charge in [0, 0.05) is 6.07 Å². The quantitative estimate of drug-likeness (QED) is 0.259. The van der Waals surface area contributed by atoms with Crippen molar-refractivity contribution in [2.45, 2.75) is 32.9 Å². The highest BCUT2D eigenvalue weighted by Crippen LogP contribution is 2.39. The number of hydrazine groups is 1. The Labute approximate surface area is 159 Å². The van der Waals surface area contributed by atoms with E-state index in [1.165, 1.54) is 0 Å². The number of nitrogen functional groups attached to an aromatic ring is 1. The molecule has 4 N–H and O–H groups in total. The second-order valence-corrected chi connectivity index (χ2v) is 6.67. The fourth-order valence-electron chi connectivity index (χ4n) is 2.42. The molecular weight excluding hydrogens is 383 g/mol. The highest BCUT2D eigenvalue weighted by Gasteiger charge is 2.33. The molecule has 27 heavy (non-hydrogen) atoms. The van der Waals surface area contributed by atoms with Gasteiger partial charge in [-0.2, -0.15) is 13.2 Å². The summed E-state index contributed by atoms with van der Waals surface area (Å²) < 4.78 is 39.0. The van der Waals surface area contributed by atoms with E-state index in [1.807, 2.05) is 26.8 Å². The van der Waals surface area contributed by atoms with Gasteiger partial charge in [-0.1, -0.05) is 31.5 Å². The average Bonchev–Trinajstić information content (AvgIpc) is 2.57. The summed E-state index contributed by atoms with van der Waals surface area (Å²) in [6.07, 6.45) is -4.68. The van der Waals surface area contributed by atoms with Crippen LogP contribution in [0.1, 0.15) is 36.5 Å². The van der Waals surface area contributed by atoms with E-state index in [1.54, 1.807) is 12.1 Å². The second-order valence-electron chi connectivity index (χ2n) is 6.27. The summed E-state index contributed by atoms with van der Waals surface area (Å²) >= 11 is 5.81. The normalized spacial score (nSPS) is 12.4. The van der Waals surface area contributed by atoms with Gasteiger partial charge in [-0.25, -0.2) is 0 Å². The Kier molecular flexibility index (Phi) is 6.17. The van der Waals surface area contributed by atoms with Gasteiger partial charge in [0.1, 0.15) is 11.4 Å². The number of nitrogens with two attached hydrogens (primary N) is 1. The van der Waals surface area contributed by atoms with Crippen molar-refractivity contribution in [3.05, 3.63) is 57.3 Å². The molecule has 0 heterocycles. The van der Waals surface area contributed by atoms with E-state index in [0.717, 1.165) is 11.1 Å². The van der Waals surface area contributed by atoms with E-state index >= 15 is 0 Å². The van der Waals surface area contributed by atoms with Crippen LogP contribution in [-0.2, 0) is 6.18 Å². The SMILES string of the molecule is Cc1cc(NN=[N+]([O-])c2cc(C(F)(F)F)cc(Cl)c2NN)cc(C(C)C)c1. The predicted molar refractivity (Wildman–Crippen MR) is 98.9 cm³/mol. The molecule has 2 aromatic rings. The van der Waals surface area contributed by atoms with Gasteiger partial charge in [-0.3, -0.25) is 5.84 Å². The third-order valence-electron chi connectivity index (χ3n) is 3.78. The molecule has 2 rings (SSSR count). The highest BCUT2D eigenvalue weighted by atomic mass is 35.5. The first kappa shape index (κ1) is 20.8. The van der Waals surface area contributed by atoms with Crippen molar-refractivity contribution in [1.29, 1.82) is 0 Å². The topological polar surface area (TPSA) is 88.5 Å². The minimum atomic E-state index is -4.68. The first-order valence-corrected chi connectivity index (χ1v) is 8.33. The van der Waals surface area contributed by atoms with E-state index in [9.17, 15) is 18.4 Å². The van der Waals surface area contributed by atoms with Crippen LogP contribution in [0.4, 0.5) is 30.2 Å². The van der Waals surface area contributed by atoms with E-state index in [0.29, 0.717) is 17.8 Å². The number of rotatable bonds is 5. The molecule has 0 radical (unpaired) electrons. The fraction of sp³-hybridized carbons (Fsp3) is 0.294. The second kappa shape index (κ2) is 8.01. The molecule has 0 aliphatic carbocycles. The Morgan fingerprint density at radius 1 is 1.19 bits per heavy atom. The highest BCUT2D eigenvalue weighted by molar-refractivity contribution is 6.33. The van der Waals surface area contributed by atoms with Crippen LogP contribution in [0.25, 0.3) is 0 Å². The minimum absolute atomic E-state index is 0.00626. The Morgan fingerprint density at radius 2 is 1.85 bits per heavy atom. The summed E-state index contributed by atoms with van der Waals surface area (Å²) in [5.41, 5.74) is 5.45. The van der Waals surface area contributed by atoms with Crippen LogP contribution in [0.15, 0.2) is 35.6 Å². The molecular formula is C17H19ClF3N5O. The number of nitrogens with one attached hydrogen (secondary N) is 2. The summed E-state index contributed by atoms with van der Waals surface area (Å²) in [5.74, 6) is 5.54. The van der Waals surface area contributed by atoms with Crippen molar-refractivity contribution in [1.82, 2.24) is 0 Å². The van der Waals surface area contributed by atoms with Gasteiger partial charge in [0.2, 0.25) is 0 Å². The Hall–Kier alpha value is -2.52. The molecule has 0 fully saturated rings. The van der Waals surface area contributed by atoms with Crippen molar-refractivity contribution in [3.63, 3.8) is 0 Å². The lowest BCUT2D eigenvalue weighted by Crippen LogP contribution is -2.13. The predicted octanol–water partition coefficient (Wildman–Crippen LogP) is 5.70. The summed E-state index contributed by atoms with van der Waals surface area (Å²) in [4.78, 5) is -0.00626. The van der Waals surface area contributed by atoms with E-state index in [-0.39, 0.29) is 21.5 Å². The molecule has 0 saturated heterocycles. The van der Waals surface area contributed by atoms with Crippen molar-refractivity contribution < 1.29 is 18.0 Å². The summed E-state index contributed by atoms with van der Waals surface area (Å²) in [6, 6.07) is 6.85. The zero-order chi connectivity index (χ0) is 20.4. The maximum Gasteiger partial charge on any atom is 0.416 e. The Balaban J connectivity index is 2.42. The third-order valence-corrected chi connectivity index (χ3v) is 4.08. The molecule has 0 amide bonds. The minimum Gasteiger partial charge on any atom is -0.691 e. The zero-order valence-corrected chi connectivity index (χ0v) is 15.6. The van der Waals surface area contributed by atoms with Crippen LogP contribution >= 0.6 is 11.6 Å². The maximum absolute atomic E-state index is 13.0. The van der Waals surface area contributed by atoms with Gasteiger partial charge in [-0.15, -0.1) is 10.3 Å². The first-order valence-electron chi connectivity index (χ1n) is 7.95. The van der Waals surface area contributed by atoms with E-state index in [4.69, 9.17) is 17.4 Å². The molecule has 0 spiro atoms. The summed E-state index contributed by atoms with van der Waals surface area (Å²) in [7, 11) is 0. The smallest absolute Gasteiger partial charge is 0.416 e. The molecule has 6 nitrogen and oxygen atoms in total. The van der Waals surface area contributed by atoms with Crippen LogP contribution in [0.2, 0.25) is 5.02 Å². The van der Waals surface area contributed by atoms with Gasteiger partial charge in [-0.05, 0) is 42.2 Å². The molecule has 0 aliphatic rings. The molecule has 0 aromatic heterocycles. The number of halogens is 4. The standard InChI is InChI=1S/C17H19ClF3N5O/c1-9(2)11-4-10(3)5-13(6-11)24-25-26(27)15-8-12(17(19,20)21)7-14(18)16(15)23-22/h4-9,23-24H,22H2,1-3H3. The number of benzene rings is 2. The maximum atomic E-state index is 13.0. The van der Waals surface area contributed by atoms with Crippen molar-refractivity contribution >= 4 is 28.7 Å². The van der Waals surface area contributed by atoms with Gasteiger partial charge in [0.25, 0.3) is 0 Å². The lowest BCUT2D eigenvalue weighted by atomic mass is 10.0. The molecule has 2 aromatic carbocycles. The van der Waals surface area contributed by atoms with Gasteiger partial charge in [0.05, 0.1) is 15.8 Å². The fourth-order valence-corrected chi connectivity index (χ4v) is 2.69. The lowest BCUT2D eigenvalue weighted by Gasteiger charge is -2.15. The number of alkyl halides is 3. The van der Waals surface area contributed by atoms with Crippen LogP contribution in [0.3, 0.4) is 0 Å².